The van der Waals surface area contributed by atoms with Gasteiger partial charge in [0.1, 0.15) is 0 Å². The Kier molecular flexibility index (Phi) is 4.53. The molecule has 0 saturated carbocycles. The van der Waals surface area contributed by atoms with Gasteiger partial charge in [-0.05, 0) is 36.4 Å². The van der Waals surface area contributed by atoms with E-state index in [4.69, 9.17) is 15.4 Å². The quantitative estimate of drug-likeness (QED) is 0.280. The first-order chi connectivity index (χ1) is 12.4. The zero-order valence-corrected chi connectivity index (χ0v) is 13.2. The number of amidine groups is 1. The molecule has 6 nitrogen and oxygen atoms in total. The summed E-state index contributed by atoms with van der Waals surface area (Å²) < 4.78 is 43.3. The number of rotatable bonds is 4. The molecule has 0 aliphatic rings. The number of hydrogen-bond acceptors (Lipinski definition) is 5. The van der Waals surface area contributed by atoms with Gasteiger partial charge in [0.15, 0.2) is 11.6 Å². The van der Waals surface area contributed by atoms with E-state index in [0.29, 0.717) is 22.6 Å². The van der Waals surface area contributed by atoms with Crippen LogP contribution in [0.2, 0.25) is 0 Å². The van der Waals surface area contributed by atoms with Crippen molar-refractivity contribution in [3.63, 3.8) is 0 Å². The molecular weight excluding hydrogens is 349 g/mol. The molecule has 26 heavy (non-hydrogen) atoms. The highest BCUT2D eigenvalue weighted by atomic mass is 19.4. The summed E-state index contributed by atoms with van der Waals surface area (Å²) >= 11 is 0. The summed E-state index contributed by atoms with van der Waals surface area (Å²) in [6.07, 6.45) is -2.97. The molecule has 3 aromatic rings. The van der Waals surface area contributed by atoms with E-state index in [9.17, 15) is 13.2 Å². The number of aromatic nitrogens is 1. The van der Waals surface area contributed by atoms with Gasteiger partial charge in [-0.3, -0.25) is 0 Å². The minimum Gasteiger partial charge on any atom is -0.423 e. The number of oxazole rings is 1. The number of halogens is 3. The fourth-order valence-electron chi connectivity index (χ4n) is 2.19. The van der Waals surface area contributed by atoms with Crippen molar-refractivity contribution in [3.05, 3.63) is 65.9 Å². The van der Waals surface area contributed by atoms with Gasteiger partial charge in [0.2, 0.25) is 0 Å². The van der Waals surface area contributed by atoms with Crippen LogP contribution in [0.3, 0.4) is 0 Å². The van der Waals surface area contributed by atoms with E-state index in [-0.39, 0.29) is 11.9 Å². The molecule has 9 heteroatoms. The first kappa shape index (κ1) is 17.3. The van der Waals surface area contributed by atoms with Crippen LogP contribution in [0.25, 0.3) is 11.3 Å². The van der Waals surface area contributed by atoms with Crippen molar-refractivity contribution in [2.24, 2.45) is 10.9 Å². The number of nitrogens with one attached hydrogen (secondary N) is 1. The van der Waals surface area contributed by atoms with Crippen molar-refractivity contribution in [2.45, 2.75) is 6.18 Å². The van der Waals surface area contributed by atoms with E-state index in [1.807, 2.05) is 0 Å². The standard InChI is InChI=1S/C17H13F3N4O2/c18-17(19,20)12-5-1-10(2-6-12)14-9-22-16(26-14)23-13-7-3-11(4-8-13)15(21)24-25/h1-9,25H,(H2,21,24)(H,22,23). The van der Waals surface area contributed by atoms with Gasteiger partial charge in [0.05, 0.1) is 11.8 Å². The second kappa shape index (κ2) is 6.79. The van der Waals surface area contributed by atoms with Gasteiger partial charge >= 0.3 is 6.18 Å². The molecule has 0 aliphatic carbocycles. The number of anilines is 2. The number of alkyl halides is 3. The average molecular weight is 362 g/mol. The van der Waals surface area contributed by atoms with Crippen LogP contribution in [-0.2, 0) is 6.18 Å². The summed E-state index contributed by atoms with van der Waals surface area (Å²) in [6, 6.07) is 11.4. The third-order valence-electron chi connectivity index (χ3n) is 3.54. The smallest absolute Gasteiger partial charge is 0.416 e. The third-order valence-corrected chi connectivity index (χ3v) is 3.54. The first-order valence-electron chi connectivity index (χ1n) is 7.35. The van der Waals surface area contributed by atoms with Gasteiger partial charge in [0, 0.05) is 16.8 Å². The molecule has 3 rings (SSSR count). The van der Waals surface area contributed by atoms with Crippen LogP contribution in [0, 0.1) is 0 Å². The van der Waals surface area contributed by atoms with Crippen LogP contribution in [0.1, 0.15) is 11.1 Å². The molecule has 2 aromatic carbocycles. The summed E-state index contributed by atoms with van der Waals surface area (Å²) in [5, 5.41) is 14.4. The summed E-state index contributed by atoms with van der Waals surface area (Å²) in [5.74, 6) is 0.312. The highest BCUT2D eigenvalue weighted by Gasteiger charge is 2.30. The van der Waals surface area contributed by atoms with Gasteiger partial charge < -0.3 is 20.7 Å². The molecule has 0 saturated heterocycles. The van der Waals surface area contributed by atoms with Crippen LogP contribution in [0.15, 0.2) is 64.3 Å². The van der Waals surface area contributed by atoms with Gasteiger partial charge in [0.25, 0.3) is 6.01 Å². The van der Waals surface area contributed by atoms with Crippen LogP contribution >= 0.6 is 0 Å². The third kappa shape index (κ3) is 3.77. The lowest BCUT2D eigenvalue weighted by Gasteiger charge is -2.06. The molecule has 1 aromatic heterocycles. The van der Waals surface area contributed by atoms with Crippen LogP contribution in [-0.4, -0.2) is 16.0 Å². The molecule has 134 valence electrons. The first-order valence-corrected chi connectivity index (χ1v) is 7.35. The highest BCUT2D eigenvalue weighted by Crippen LogP contribution is 2.31. The number of oxime groups is 1. The van der Waals surface area contributed by atoms with Gasteiger partial charge in [-0.25, -0.2) is 4.98 Å². The fraction of sp³-hybridized carbons (Fsp3) is 0.0588. The van der Waals surface area contributed by atoms with E-state index in [2.05, 4.69) is 15.5 Å². The number of nitrogens with two attached hydrogens (primary N) is 1. The second-order valence-corrected chi connectivity index (χ2v) is 5.29. The van der Waals surface area contributed by atoms with Gasteiger partial charge in [-0.15, -0.1) is 0 Å². The van der Waals surface area contributed by atoms with E-state index in [0.717, 1.165) is 12.1 Å². The van der Waals surface area contributed by atoms with Crippen LogP contribution in [0.4, 0.5) is 24.9 Å². The second-order valence-electron chi connectivity index (χ2n) is 5.29. The lowest BCUT2D eigenvalue weighted by molar-refractivity contribution is -0.137. The van der Waals surface area contributed by atoms with E-state index in [1.165, 1.54) is 18.3 Å². The van der Waals surface area contributed by atoms with Gasteiger partial charge in [-0.1, -0.05) is 17.3 Å². The number of benzene rings is 2. The normalized spacial score (nSPS) is 12.2. The molecule has 0 unspecified atom stereocenters. The SMILES string of the molecule is N/C(=N\O)c1ccc(Nc2ncc(-c3ccc(C(F)(F)F)cc3)o2)cc1. The molecule has 0 radical (unpaired) electrons. The summed E-state index contributed by atoms with van der Waals surface area (Å²) in [7, 11) is 0. The Morgan fingerprint density at radius 2 is 1.73 bits per heavy atom. The highest BCUT2D eigenvalue weighted by molar-refractivity contribution is 5.97. The maximum Gasteiger partial charge on any atom is 0.416 e. The van der Waals surface area contributed by atoms with Crippen molar-refractivity contribution in [1.82, 2.24) is 4.98 Å². The predicted octanol–water partition coefficient (Wildman–Crippen LogP) is 4.20. The predicted molar refractivity (Wildman–Crippen MR) is 89.2 cm³/mol. The topological polar surface area (TPSA) is 96.7 Å². The van der Waals surface area contributed by atoms with E-state index in [1.54, 1.807) is 24.3 Å². The zero-order chi connectivity index (χ0) is 18.7. The molecule has 0 fully saturated rings. The Hall–Kier alpha value is -3.49. The Balaban J connectivity index is 1.74. The van der Waals surface area contributed by atoms with Gasteiger partial charge in [-0.2, -0.15) is 13.2 Å². The largest absolute Gasteiger partial charge is 0.423 e. The van der Waals surface area contributed by atoms with Crippen molar-refractivity contribution in [2.75, 3.05) is 5.32 Å². The Morgan fingerprint density at radius 1 is 1.08 bits per heavy atom. The molecular formula is C17H13F3N4O2. The van der Waals surface area contributed by atoms with Crippen LogP contribution in [0.5, 0.6) is 0 Å². The maximum atomic E-state index is 12.6. The molecule has 0 amide bonds. The van der Waals surface area contributed by atoms with Crippen molar-refractivity contribution in [3.8, 4) is 11.3 Å². The van der Waals surface area contributed by atoms with Crippen LogP contribution < -0.4 is 11.1 Å². The van der Waals surface area contributed by atoms with Crippen molar-refractivity contribution >= 4 is 17.5 Å². The number of hydrogen-bond donors (Lipinski definition) is 3. The van der Waals surface area contributed by atoms with E-state index < -0.39 is 11.7 Å². The Labute approximate surface area is 145 Å². The molecule has 0 bridgehead atoms. The maximum absolute atomic E-state index is 12.6. The molecule has 0 aliphatic heterocycles. The lowest BCUT2D eigenvalue weighted by atomic mass is 10.1. The number of nitrogens with zero attached hydrogens (tertiary/aromatic N) is 2. The molecule has 0 atom stereocenters. The summed E-state index contributed by atoms with van der Waals surface area (Å²) in [6.45, 7) is 0. The summed E-state index contributed by atoms with van der Waals surface area (Å²) in [4.78, 5) is 4.04. The van der Waals surface area contributed by atoms with Crippen molar-refractivity contribution < 1.29 is 22.8 Å². The molecule has 4 N–H and O–H groups in total. The minimum atomic E-state index is -4.39. The van der Waals surface area contributed by atoms with Crippen molar-refractivity contribution in [1.29, 1.82) is 0 Å². The minimum absolute atomic E-state index is 0.0164. The van der Waals surface area contributed by atoms with E-state index >= 15 is 0 Å². The monoisotopic (exact) mass is 362 g/mol. The molecule has 0 spiro atoms. The Morgan fingerprint density at radius 3 is 2.31 bits per heavy atom. The lowest BCUT2D eigenvalue weighted by Crippen LogP contribution is -2.12. The molecule has 1 heterocycles. The Bertz CT molecular complexity index is 916. The fourth-order valence-corrected chi connectivity index (χ4v) is 2.19. The average Bonchev–Trinajstić information content (AvgIpc) is 3.09. The zero-order valence-electron chi connectivity index (χ0n) is 13.2. The summed E-state index contributed by atoms with van der Waals surface area (Å²) in [5.41, 5.74) is 6.40.